The number of aromatic nitrogens is 3. The fourth-order valence-corrected chi connectivity index (χ4v) is 6.36. The van der Waals surface area contributed by atoms with Gasteiger partial charge in [0, 0.05) is 31.0 Å². The van der Waals surface area contributed by atoms with E-state index in [9.17, 15) is 13.2 Å². The summed E-state index contributed by atoms with van der Waals surface area (Å²) in [6, 6.07) is 18.3. The first-order valence-corrected chi connectivity index (χ1v) is 13.2. The number of para-hydroxylation sites is 1. The lowest BCUT2D eigenvalue weighted by Crippen LogP contribution is -2.27. The van der Waals surface area contributed by atoms with E-state index in [4.69, 9.17) is 0 Å². The van der Waals surface area contributed by atoms with Crippen LogP contribution in [0.1, 0.15) is 19.3 Å². The Labute approximate surface area is 196 Å². The van der Waals surface area contributed by atoms with E-state index in [0.29, 0.717) is 24.5 Å². The van der Waals surface area contributed by atoms with E-state index in [1.165, 1.54) is 16.1 Å². The molecule has 0 saturated carbocycles. The molecule has 4 aromatic rings. The number of benzene rings is 2. The normalized spacial score (nSPS) is 14.8. The summed E-state index contributed by atoms with van der Waals surface area (Å²) in [5, 5.41) is 13.2. The van der Waals surface area contributed by atoms with Gasteiger partial charge in [0.1, 0.15) is 0 Å². The molecular formula is C23H23N5O3S2. The molecule has 2 aromatic carbocycles. The van der Waals surface area contributed by atoms with Gasteiger partial charge in [0.2, 0.25) is 15.9 Å². The van der Waals surface area contributed by atoms with Crippen LogP contribution in [-0.4, -0.2) is 52.1 Å². The third kappa shape index (κ3) is 4.46. The maximum atomic E-state index is 12.6. The SMILES string of the molecule is O=C(CCSc1nnc2ccc3ccccc3n12)Nc1ccc(S(=O)(=O)N2CCCC2)cc1. The number of sulfonamides is 1. The van der Waals surface area contributed by atoms with Crippen LogP contribution in [0, 0.1) is 0 Å². The zero-order valence-corrected chi connectivity index (χ0v) is 19.5. The second-order valence-electron chi connectivity index (χ2n) is 7.85. The number of rotatable bonds is 7. The molecule has 1 amide bonds. The molecule has 0 bridgehead atoms. The topological polar surface area (TPSA) is 96.7 Å². The molecule has 1 N–H and O–H groups in total. The van der Waals surface area contributed by atoms with Gasteiger partial charge in [-0.15, -0.1) is 10.2 Å². The molecule has 8 nitrogen and oxygen atoms in total. The van der Waals surface area contributed by atoms with Crippen molar-refractivity contribution in [1.82, 2.24) is 18.9 Å². The van der Waals surface area contributed by atoms with Gasteiger partial charge in [-0.3, -0.25) is 9.20 Å². The first kappa shape index (κ1) is 21.9. The van der Waals surface area contributed by atoms with Crippen LogP contribution in [0.5, 0.6) is 0 Å². The number of carbonyl (C=O) groups is 1. The number of anilines is 1. The van der Waals surface area contributed by atoms with Crippen LogP contribution in [0.15, 0.2) is 70.7 Å². The van der Waals surface area contributed by atoms with E-state index in [1.807, 2.05) is 40.8 Å². The Hall–Kier alpha value is -2.95. The number of carbonyl (C=O) groups excluding carboxylic acids is 1. The van der Waals surface area contributed by atoms with E-state index in [0.717, 1.165) is 34.5 Å². The smallest absolute Gasteiger partial charge is 0.243 e. The van der Waals surface area contributed by atoms with Crippen molar-refractivity contribution in [1.29, 1.82) is 0 Å². The monoisotopic (exact) mass is 481 g/mol. The highest BCUT2D eigenvalue weighted by atomic mass is 32.2. The molecule has 1 fully saturated rings. The number of nitrogens with zero attached hydrogens (tertiary/aromatic N) is 4. The van der Waals surface area contributed by atoms with Crippen molar-refractivity contribution >= 4 is 49.9 Å². The molecule has 10 heteroatoms. The van der Waals surface area contributed by atoms with Crippen molar-refractivity contribution in [3.05, 3.63) is 60.7 Å². The van der Waals surface area contributed by atoms with Crippen LogP contribution >= 0.6 is 11.8 Å². The molecule has 0 spiro atoms. The van der Waals surface area contributed by atoms with Crippen molar-refractivity contribution in [2.75, 3.05) is 24.2 Å². The molecule has 1 aliphatic heterocycles. The van der Waals surface area contributed by atoms with Crippen LogP contribution < -0.4 is 5.32 Å². The number of pyridine rings is 1. The number of hydrogen-bond acceptors (Lipinski definition) is 6. The van der Waals surface area contributed by atoms with Gasteiger partial charge in [-0.1, -0.05) is 30.0 Å². The molecule has 0 radical (unpaired) electrons. The molecule has 1 aliphatic rings. The Morgan fingerprint density at radius 3 is 2.52 bits per heavy atom. The molecule has 3 heterocycles. The first-order chi connectivity index (χ1) is 16.0. The molecule has 2 aromatic heterocycles. The highest BCUT2D eigenvalue weighted by Gasteiger charge is 2.26. The minimum Gasteiger partial charge on any atom is -0.326 e. The van der Waals surface area contributed by atoms with Gasteiger partial charge < -0.3 is 5.32 Å². The third-order valence-corrected chi connectivity index (χ3v) is 8.49. The van der Waals surface area contributed by atoms with Gasteiger partial charge in [0.15, 0.2) is 10.8 Å². The summed E-state index contributed by atoms with van der Waals surface area (Å²) in [6.07, 6.45) is 2.08. The van der Waals surface area contributed by atoms with E-state index in [2.05, 4.69) is 15.5 Å². The van der Waals surface area contributed by atoms with Gasteiger partial charge in [-0.25, -0.2) is 8.42 Å². The molecular weight excluding hydrogens is 458 g/mol. The van der Waals surface area contributed by atoms with Crippen molar-refractivity contribution < 1.29 is 13.2 Å². The third-order valence-electron chi connectivity index (χ3n) is 5.65. The zero-order chi connectivity index (χ0) is 22.8. The Morgan fingerprint density at radius 1 is 0.970 bits per heavy atom. The molecule has 33 heavy (non-hydrogen) atoms. The highest BCUT2D eigenvalue weighted by molar-refractivity contribution is 7.99. The van der Waals surface area contributed by atoms with Gasteiger partial charge in [-0.05, 0) is 60.7 Å². The average molecular weight is 482 g/mol. The quantitative estimate of drug-likeness (QED) is 0.404. The van der Waals surface area contributed by atoms with E-state index < -0.39 is 10.0 Å². The number of nitrogens with one attached hydrogen (secondary N) is 1. The van der Waals surface area contributed by atoms with Crippen LogP contribution in [0.3, 0.4) is 0 Å². The van der Waals surface area contributed by atoms with E-state index >= 15 is 0 Å². The Morgan fingerprint density at radius 2 is 1.73 bits per heavy atom. The van der Waals surface area contributed by atoms with Crippen LogP contribution in [0.4, 0.5) is 5.69 Å². The number of amides is 1. The maximum Gasteiger partial charge on any atom is 0.243 e. The summed E-state index contributed by atoms with van der Waals surface area (Å²) in [5.74, 6) is 0.397. The second kappa shape index (κ2) is 9.12. The molecule has 0 atom stereocenters. The highest BCUT2D eigenvalue weighted by Crippen LogP contribution is 2.24. The fraction of sp³-hybridized carbons (Fsp3) is 0.261. The first-order valence-electron chi connectivity index (χ1n) is 10.8. The van der Waals surface area contributed by atoms with E-state index in [-0.39, 0.29) is 17.2 Å². The second-order valence-corrected chi connectivity index (χ2v) is 10.9. The Bertz CT molecular complexity index is 1410. The predicted octanol–water partition coefficient (Wildman–Crippen LogP) is 3.79. The Kier molecular flexibility index (Phi) is 6.05. The number of hydrogen-bond donors (Lipinski definition) is 1. The standard InChI is InChI=1S/C23H23N5O3S2/c29-22(24-18-8-10-19(11-9-18)33(30,31)27-14-3-4-15-27)13-16-32-23-26-25-21-12-7-17-5-1-2-6-20(17)28(21)23/h1-2,5-12H,3-4,13-16H2,(H,24,29). The summed E-state index contributed by atoms with van der Waals surface area (Å²) in [7, 11) is -3.45. The Balaban J connectivity index is 1.20. The van der Waals surface area contributed by atoms with Crippen LogP contribution in [0.2, 0.25) is 0 Å². The van der Waals surface area contributed by atoms with Crippen LogP contribution in [0.25, 0.3) is 16.6 Å². The number of fused-ring (bicyclic) bond motifs is 3. The maximum absolute atomic E-state index is 12.6. The lowest BCUT2D eigenvalue weighted by Gasteiger charge is -2.15. The molecule has 1 saturated heterocycles. The van der Waals surface area contributed by atoms with Gasteiger partial charge >= 0.3 is 0 Å². The molecule has 5 rings (SSSR count). The summed E-state index contributed by atoms with van der Waals surface area (Å²) in [5.41, 5.74) is 2.37. The summed E-state index contributed by atoms with van der Waals surface area (Å²) in [6.45, 7) is 1.13. The largest absolute Gasteiger partial charge is 0.326 e. The fourth-order valence-electron chi connectivity index (χ4n) is 3.95. The minimum atomic E-state index is -3.45. The minimum absolute atomic E-state index is 0.142. The van der Waals surface area contributed by atoms with Gasteiger partial charge in [0.25, 0.3) is 0 Å². The molecule has 0 aliphatic carbocycles. The van der Waals surface area contributed by atoms with E-state index in [1.54, 1.807) is 24.3 Å². The lowest BCUT2D eigenvalue weighted by atomic mass is 10.2. The zero-order valence-electron chi connectivity index (χ0n) is 17.8. The van der Waals surface area contributed by atoms with Crippen molar-refractivity contribution in [2.45, 2.75) is 29.3 Å². The molecule has 170 valence electrons. The van der Waals surface area contributed by atoms with Gasteiger partial charge in [-0.2, -0.15) is 4.31 Å². The summed E-state index contributed by atoms with van der Waals surface area (Å²) < 4.78 is 28.7. The number of thioether (sulfide) groups is 1. The van der Waals surface area contributed by atoms with Crippen molar-refractivity contribution in [3.8, 4) is 0 Å². The average Bonchev–Trinajstić information content (AvgIpc) is 3.51. The lowest BCUT2D eigenvalue weighted by molar-refractivity contribution is -0.115. The summed E-state index contributed by atoms with van der Waals surface area (Å²) >= 11 is 1.47. The van der Waals surface area contributed by atoms with Crippen molar-refractivity contribution in [2.24, 2.45) is 0 Å². The van der Waals surface area contributed by atoms with Crippen molar-refractivity contribution in [3.63, 3.8) is 0 Å². The summed E-state index contributed by atoms with van der Waals surface area (Å²) in [4.78, 5) is 12.7. The predicted molar refractivity (Wildman–Crippen MR) is 129 cm³/mol. The van der Waals surface area contributed by atoms with Crippen LogP contribution in [-0.2, 0) is 14.8 Å². The van der Waals surface area contributed by atoms with Gasteiger partial charge in [0.05, 0.1) is 10.4 Å². The molecule has 0 unspecified atom stereocenters.